The van der Waals surface area contributed by atoms with E-state index in [1.54, 1.807) is 0 Å². The van der Waals surface area contributed by atoms with E-state index in [2.05, 4.69) is 24.1 Å². The number of amides is 1. The lowest BCUT2D eigenvalue weighted by Crippen LogP contribution is -2.26. The summed E-state index contributed by atoms with van der Waals surface area (Å²) in [5, 5.41) is 3.39. The van der Waals surface area contributed by atoms with Gasteiger partial charge in [0.2, 0.25) is 0 Å². The first-order valence-electron chi connectivity index (χ1n) is 9.58. The fourth-order valence-electron chi connectivity index (χ4n) is 3.55. The molecule has 1 N–H and O–H groups in total. The van der Waals surface area contributed by atoms with Crippen LogP contribution in [0.4, 0.5) is 5.13 Å². The van der Waals surface area contributed by atoms with E-state index in [4.69, 9.17) is 0 Å². The Hall–Kier alpha value is -3.05. The SMILES string of the molecule is CC1(C)CC(=O)c2sc(NC(=O)C(=Cc3ccccc3)c3ccccc3)nc2C1. The van der Waals surface area contributed by atoms with Crippen molar-refractivity contribution in [3.05, 3.63) is 82.4 Å². The Bertz CT molecular complexity index is 1080. The molecule has 1 aliphatic rings. The molecule has 0 spiro atoms. The highest BCUT2D eigenvalue weighted by atomic mass is 32.1. The first-order valence-corrected chi connectivity index (χ1v) is 10.4. The summed E-state index contributed by atoms with van der Waals surface area (Å²) in [7, 11) is 0. The second-order valence-electron chi connectivity index (χ2n) is 8.02. The maximum Gasteiger partial charge on any atom is 0.258 e. The third-order valence-corrected chi connectivity index (χ3v) is 5.95. The molecule has 1 amide bonds. The number of rotatable bonds is 4. The molecule has 5 heteroatoms. The molecule has 0 saturated carbocycles. The van der Waals surface area contributed by atoms with Gasteiger partial charge in [0.1, 0.15) is 0 Å². The van der Waals surface area contributed by atoms with E-state index >= 15 is 0 Å². The van der Waals surface area contributed by atoms with Gasteiger partial charge in [-0.1, -0.05) is 85.8 Å². The quantitative estimate of drug-likeness (QED) is 0.464. The minimum Gasteiger partial charge on any atom is -0.298 e. The van der Waals surface area contributed by atoms with Crippen LogP contribution in [0.15, 0.2) is 60.7 Å². The van der Waals surface area contributed by atoms with Crippen LogP contribution in [0.25, 0.3) is 11.6 Å². The molecule has 0 saturated heterocycles. The average molecular weight is 403 g/mol. The summed E-state index contributed by atoms with van der Waals surface area (Å²) < 4.78 is 0. The molecule has 0 unspecified atom stereocenters. The van der Waals surface area contributed by atoms with Crippen LogP contribution in [0.1, 0.15) is 46.8 Å². The molecule has 2 aromatic carbocycles. The standard InChI is InChI=1S/C24H22N2O2S/c1-24(2)14-19-21(20(27)15-24)29-23(25-19)26-22(28)18(17-11-7-4-8-12-17)13-16-9-5-3-6-10-16/h3-13H,14-15H2,1-2H3,(H,25,26,28). The van der Waals surface area contributed by atoms with Crippen LogP contribution in [0.3, 0.4) is 0 Å². The molecule has 1 heterocycles. The van der Waals surface area contributed by atoms with E-state index < -0.39 is 0 Å². The summed E-state index contributed by atoms with van der Waals surface area (Å²) in [6.07, 6.45) is 3.12. The molecule has 29 heavy (non-hydrogen) atoms. The zero-order valence-electron chi connectivity index (χ0n) is 16.4. The number of carbonyl (C=O) groups is 2. The van der Waals surface area contributed by atoms with Crippen LogP contribution in [-0.4, -0.2) is 16.7 Å². The Morgan fingerprint density at radius 1 is 1.03 bits per heavy atom. The second kappa shape index (κ2) is 7.76. The van der Waals surface area contributed by atoms with Gasteiger partial charge >= 0.3 is 0 Å². The van der Waals surface area contributed by atoms with Crippen LogP contribution in [-0.2, 0) is 11.2 Å². The first-order chi connectivity index (χ1) is 13.9. The normalized spacial score (nSPS) is 15.7. The lowest BCUT2D eigenvalue weighted by atomic mass is 9.78. The van der Waals surface area contributed by atoms with Crippen molar-refractivity contribution in [3.63, 3.8) is 0 Å². The van der Waals surface area contributed by atoms with Crippen molar-refractivity contribution in [2.24, 2.45) is 5.41 Å². The van der Waals surface area contributed by atoms with Crippen molar-refractivity contribution in [2.75, 3.05) is 5.32 Å². The smallest absolute Gasteiger partial charge is 0.258 e. The van der Waals surface area contributed by atoms with Crippen LogP contribution < -0.4 is 5.32 Å². The molecule has 4 rings (SSSR count). The number of hydrogen-bond acceptors (Lipinski definition) is 4. The van der Waals surface area contributed by atoms with Crippen LogP contribution in [0, 0.1) is 5.41 Å². The summed E-state index contributed by atoms with van der Waals surface area (Å²) >= 11 is 1.27. The Morgan fingerprint density at radius 2 is 1.69 bits per heavy atom. The number of ketones is 1. The van der Waals surface area contributed by atoms with Crippen molar-refractivity contribution in [1.82, 2.24) is 4.98 Å². The largest absolute Gasteiger partial charge is 0.298 e. The van der Waals surface area contributed by atoms with Gasteiger partial charge in [0.25, 0.3) is 5.91 Å². The number of anilines is 1. The van der Waals surface area contributed by atoms with Gasteiger partial charge in [0, 0.05) is 12.0 Å². The average Bonchev–Trinajstić information content (AvgIpc) is 3.09. The third kappa shape index (κ3) is 4.35. The van der Waals surface area contributed by atoms with E-state index in [0.717, 1.165) is 23.2 Å². The maximum atomic E-state index is 13.1. The van der Waals surface area contributed by atoms with Crippen molar-refractivity contribution >= 4 is 39.8 Å². The number of benzene rings is 2. The summed E-state index contributed by atoms with van der Waals surface area (Å²) in [5.74, 6) is -0.129. The number of carbonyl (C=O) groups excluding carboxylic acids is 2. The Balaban J connectivity index is 1.65. The van der Waals surface area contributed by atoms with Gasteiger partial charge in [-0.3, -0.25) is 14.9 Å². The van der Waals surface area contributed by atoms with Crippen molar-refractivity contribution in [1.29, 1.82) is 0 Å². The van der Waals surface area contributed by atoms with Crippen LogP contribution in [0.2, 0.25) is 0 Å². The molecule has 0 aliphatic heterocycles. The number of fused-ring (bicyclic) bond motifs is 1. The summed E-state index contributed by atoms with van der Waals surface area (Å²) in [5.41, 5.74) is 3.02. The third-order valence-electron chi connectivity index (χ3n) is 4.90. The predicted octanol–water partition coefficient (Wildman–Crippen LogP) is 5.48. The number of nitrogens with zero attached hydrogens (tertiary/aromatic N) is 1. The molecule has 4 nitrogen and oxygen atoms in total. The topological polar surface area (TPSA) is 59.1 Å². The van der Waals surface area contributed by atoms with Gasteiger partial charge in [-0.25, -0.2) is 4.98 Å². The van der Waals surface area contributed by atoms with Gasteiger partial charge in [0.05, 0.1) is 10.6 Å². The van der Waals surface area contributed by atoms with E-state index in [9.17, 15) is 9.59 Å². The maximum absolute atomic E-state index is 13.1. The van der Waals surface area contributed by atoms with Gasteiger partial charge < -0.3 is 0 Å². The lowest BCUT2D eigenvalue weighted by Gasteiger charge is -2.26. The van der Waals surface area contributed by atoms with Gasteiger partial charge in [-0.2, -0.15) is 0 Å². The first kappa shape index (κ1) is 19.3. The van der Waals surface area contributed by atoms with Gasteiger partial charge in [0.15, 0.2) is 10.9 Å². The number of nitrogens with one attached hydrogen (secondary N) is 1. The molecule has 1 aliphatic carbocycles. The molecule has 0 bridgehead atoms. The highest BCUT2D eigenvalue weighted by Crippen LogP contribution is 2.38. The lowest BCUT2D eigenvalue weighted by molar-refractivity contribution is -0.111. The fourth-order valence-corrected chi connectivity index (χ4v) is 4.47. The molecular formula is C24H22N2O2S. The zero-order valence-corrected chi connectivity index (χ0v) is 17.3. The monoisotopic (exact) mass is 402 g/mol. The number of thiazole rings is 1. The Labute approximate surface area is 174 Å². The predicted molar refractivity (Wildman–Crippen MR) is 118 cm³/mol. The Morgan fingerprint density at radius 3 is 2.38 bits per heavy atom. The highest BCUT2D eigenvalue weighted by Gasteiger charge is 2.34. The number of hydrogen-bond donors (Lipinski definition) is 1. The molecule has 3 aromatic rings. The number of Topliss-reactive ketones (excluding diaryl/α,β-unsaturated/α-hetero) is 1. The summed E-state index contributed by atoms with van der Waals surface area (Å²) in [6.45, 7) is 4.14. The Kier molecular flexibility index (Phi) is 5.16. The van der Waals surface area contributed by atoms with E-state index in [-0.39, 0.29) is 17.1 Å². The zero-order chi connectivity index (χ0) is 20.4. The molecule has 0 radical (unpaired) electrons. The van der Waals surface area contributed by atoms with Gasteiger partial charge in [-0.15, -0.1) is 0 Å². The number of aromatic nitrogens is 1. The van der Waals surface area contributed by atoms with Crippen LogP contribution in [0.5, 0.6) is 0 Å². The minimum absolute atomic E-state index is 0.0954. The molecule has 146 valence electrons. The van der Waals surface area contributed by atoms with E-state index in [1.165, 1.54) is 11.3 Å². The van der Waals surface area contributed by atoms with Crippen molar-refractivity contribution in [2.45, 2.75) is 26.7 Å². The van der Waals surface area contributed by atoms with Gasteiger partial charge in [-0.05, 0) is 29.0 Å². The van der Waals surface area contributed by atoms with Crippen molar-refractivity contribution < 1.29 is 9.59 Å². The summed E-state index contributed by atoms with van der Waals surface area (Å²) in [6, 6.07) is 19.3. The molecule has 0 atom stereocenters. The van der Waals surface area contributed by atoms with Crippen LogP contribution >= 0.6 is 11.3 Å². The molecule has 0 fully saturated rings. The highest BCUT2D eigenvalue weighted by molar-refractivity contribution is 7.17. The fraction of sp³-hybridized carbons (Fsp3) is 0.208. The molecular weight excluding hydrogens is 380 g/mol. The minimum atomic E-state index is -0.238. The van der Waals surface area contributed by atoms with Crippen molar-refractivity contribution in [3.8, 4) is 0 Å². The second-order valence-corrected chi connectivity index (χ2v) is 9.02. The molecule has 1 aromatic heterocycles. The summed E-state index contributed by atoms with van der Waals surface area (Å²) in [4.78, 5) is 30.8. The van der Waals surface area contributed by atoms with E-state index in [0.29, 0.717) is 22.0 Å². The van der Waals surface area contributed by atoms with E-state index in [1.807, 2.05) is 66.7 Å².